The number of nitrogens with zero attached hydrogens (tertiary/aromatic N) is 2. The van der Waals surface area contributed by atoms with E-state index in [0.717, 1.165) is 11.6 Å². The molecule has 0 bridgehead atoms. The van der Waals surface area contributed by atoms with Gasteiger partial charge in [0, 0.05) is 0 Å². The molecule has 0 aromatic carbocycles. The minimum atomic E-state index is -3.27. The van der Waals surface area contributed by atoms with E-state index in [4.69, 9.17) is 0 Å². The number of hydrogen-bond donors (Lipinski definition) is 0. The summed E-state index contributed by atoms with van der Waals surface area (Å²) in [6.45, 7) is 0. The molecule has 0 unspecified atom stereocenters. The Labute approximate surface area is 40.6 Å². The van der Waals surface area contributed by atoms with Gasteiger partial charge in [-0.25, -0.2) is 0 Å². The first kappa shape index (κ1) is 4.45. The number of rotatable bonds is 0. The summed E-state index contributed by atoms with van der Waals surface area (Å²) in [6, 6.07) is 0. The first-order chi connectivity index (χ1) is 3.21. The van der Waals surface area contributed by atoms with Crippen molar-refractivity contribution in [2.45, 2.75) is 0 Å². The molecule has 1 aliphatic heterocycles. The first-order valence-electron chi connectivity index (χ1n) is 1.54. The molecule has 0 fully saturated rings. The fourth-order valence-electron chi connectivity index (χ4n) is 0.224. The monoisotopic (exact) mass is 118 g/mol. The van der Waals surface area contributed by atoms with Gasteiger partial charge >= 0.3 is 0 Å². The summed E-state index contributed by atoms with van der Waals surface area (Å²) >= 11 is 0. The molecule has 0 N–H and O–H groups in total. The Bertz CT molecular complexity index is 194. The van der Waals surface area contributed by atoms with E-state index < -0.39 is 10.0 Å². The van der Waals surface area contributed by atoms with Gasteiger partial charge in [0.05, 0.1) is 11.6 Å². The molecule has 0 radical (unpaired) electrons. The van der Waals surface area contributed by atoms with E-state index in [1.165, 1.54) is 0 Å². The predicted molar refractivity (Wildman–Crippen MR) is 22.9 cm³/mol. The Balaban J connectivity index is 3.25. The third-order valence-corrected chi connectivity index (χ3v) is 1.25. The quantitative estimate of drug-likeness (QED) is 0.457. The van der Waals surface area contributed by atoms with Crippen molar-refractivity contribution in [1.29, 1.82) is 0 Å². The van der Waals surface area contributed by atoms with Gasteiger partial charge in [0.15, 0.2) is 0 Å². The maximum absolute atomic E-state index is 10.1. The second-order valence-electron chi connectivity index (χ2n) is 0.997. The van der Waals surface area contributed by atoms with Gasteiger partial charge < -0.3 is 0 Å². The maximum Gasteiger partial charge on any atom is 0.294 e. The Morgan fingerprint density at radius 2 is 2.14 bits per heavy atom. The molecule has 0 amide bonds. The second-order valence-corrected chi connectivity index (χ2v) is 2.46. The molecule has 0 aliphatic carbocycles. The van der Waals surface area contributed by atoms with E-state index >= 15 is 0 Å². The van der Waals surface area contributed by atoms with Gasteiger partial charge in [0.2, 0.25) is 0 Å². The summed E-state index contributed by atoms with van der Waals surface area (Å²) in [6.07, 6.45) is 1.13. The van der Waals surface area contributed by atoms with E-state index in [1.807, 2.05) is 0 Å². The first-order valence-corrected chi connectivity index (χ1v) is 3.05. The molecule has 38 valence electrons. The highest BCUT2D eigenvalue weighted by Gasteiger charge is 2.03. The lowest BCUT2D eigenvalue weighted by Crippen LogP contribution is -1.80. The van der Waals surface area contributed by atoms with Gasteiger partial charge in [-0.3, -0.25) is 0 Å². The summed E-state index contributed by atoms with van der Waals surface area (Å²) < 4.78 is 23.0. The molecule has 1 heterocycles. The Morgan fingerprint density at radius 1 is 1.43 bits per heavy atom. The molecule has 0 spiro atoms. The molecule has 1 aliphatic rings. The molecule has 7 heavy (non-hydrogen) atoms. The van der Waals surface area contributed by atoms with Crippen molar-refractivity contribution >= 4 is 10.0 Å². The highest BCUT2D eigenvalue weighted by atomic mass is 32.2. The van der Waals surface area contributed by atoms with Gasteiger partial charge in [-0.15, -0.1) is 5.11 Å². The fraction of sp³-hybridized carbons (Fsp3) is 0. The summed E-state index contributed by atoms with van der Waals surface area (Å²) in [7, 11) is -3.27. The lowest BCUT2D eigenvalue weighted by Gasteiger charge is -1.70. The fourth-order valence-corrected chi connectivity index (χ4v) is 0.673. The molecule has 0 saturated heterocycles. The molecular weight excluding hydrogens is 116 g/mol. The highest BCUT2D eigenvalue weighted by Crippen LogP contribution is 2.02. The van der Waals surface area contributed by atoms with Crippen LogP contribution in [0.15, 0.2) is 21.2 Å². The number of hydrogen-bond acceptors (Lipinski definition) is 3. The van der Waals surface area contributed by atoms with Gasteiger partial charge in [-0.2, -0.15) is 8.42 Å². The van der Waals surface area contributed by atoms with Crippen LogP contribution in [0.1, 0.15) is 0 Å². The lowest BCUT2D eigenvalue weighted by molar-refractivity contribution is 0.605. The van der Waals surface area contributed by atoms with E-state index in [2.05, 4.69) is 9.63 Å². The van der Waals surface area contributed by atoms with Crippen molar-refractivity contribution in [1.82, 2.24) is 0 Å². The Morgan fingerprint density at radius 3 is 2.29 bits per heavy atom. The smallest absolute Gasteiger partial charge is 0.198 e. The third-order valence-electron chi connectivity index (χ3n) is 0.460. The summed E-state index contributed by atoms with van der Waals surface area (Å²) in [5, 5.41) is 4.03. The van der Waals surface area contributed by atoms with Crippen LogP contribution in [0, 0.1) is 0 Å². The Hall–Kier alpha value is -0.710. The predicted octanol–water partition coefficient (Wildman–Crippen LogP) is 0.253. The van der Waals surface area contributed by atoms with Gasteiger partial charge in [-0.05, 0) is 0 Å². The molecule has 1 rings (SSSR count). The summed E-state index contributed by atoms with van der Waals surface area (Å²) in [5.74, 6) is 0. The SMILES string of the molecule is O=S1(=O)C=CN=N1. The highest BCUT2D eigenvalue weighted by molar-refractivity contribution is 7.93. The van der Waals surface area contributed by atoms with E-state index in [1.54, 1.807) is 0 Å². The van der Waals surface area contributed by atoms with Crippen molar-refractivity contribution < 1.29 is 8.42 Å². The van der Waals surface area contributed by atoms with Crippen LogP contribution in [0.5, 0.6) is 0 Å². The van der Waals surface area contributed by atoms with Crippen LogP contribution in [0.25, 0.3) is 0 Å². The zero-order valence-corrected chi connectivity index (χ0v) is 4.09. The zero-order chi connectivity index (χ0) is 5.33. The topological polar surface area (TPSA) is 58.9 Å². The van der Waals surface area contributed by atoms with Crippen LogP contribution in [-0.2, 0) is 10.0 Å². The standard InChI is InChI=1S/C2H2N2O2S/c5-7(6)2-1-3-4-7/h1-2H. The van der Waals surface area contributed by atoms with Crippen LogP contribution < -0.4 is 0 Å². The van der Waals surface area contributed by atoms with Crippen LogP contribution >= 0.6 is 0 Å². The summed E-state index contributed by atoms with van der Waals surface area (Å²) in [5.41, 5.74) is 0. The van der Waals surface area contributed by atoms with E-state index in [0.29, 0.717) is 0 Å². The van der Waals surface area contributed by atoms with Crippen molar-refractivity contribution in [2.75, 3.05) is 0 Å². The van der Waals surface area contributed by atoms with Gasteiger partial charge in [-0.1, -0.05) is 4.52 Å². The van der Waals surface area contributed by atoms with Gasteiger partial charge in [0.25, 0.3) is 10.0 Å². The van der Waals surface area contributed by atoms with Crippen LogP contribution in [-0.4, -0.2) is 8.42 Å². The average molecular weight is 118 g/mol. The molecule has 0 aromatic heterocycles. The van der Waals surface area contributed by atoms with Gasteiger partial charge in [0.1, 0.15) is 0 Å². The molecule has 0 atom stereocenters. The minimum absolute atomic E-state index is 0.938. The average Bonchev–Trinajstić information content (AvgIpc) is 1.84. The van der Waals surface area contributed by atoms with Crippen molar-refractivity contribution in [3.8, 4) is 0 Å². The van der Waals surface area contributed by atoms with E-state index in [9.17, 15) is 8.42 Å². The van der Waals surface area contributed by atoms with Crippen molar-refractivity contribution in [2.24, 2.45) is 9.63 Å². The minimum Gasteiger partial charge on any atom is -0.198 e. The number of sulfonamides is 1. The molecular formula is C2H2N2O2S. The molecule has 4 nitrogen and oxygen atoms in total. The lowest BCUT2D eigenvalue weighted by atomic mass is 11.1. The second kappa shape index (κ2) is 1.13. The molecule has 0 aromatic rings. The van der Waals surface area contributed by atoms with Crippen LogP contribution in [0.2, 0.25) is 0 Å². The van der Waals surface area contributed by atoms with Crippen molar-refractivity contribution in [3.05, 3.63) is 11.6 Å². The van der Waals surface area contributed by atoms with E-state index in [-0.39, 0.29) is 0 Å². The largest absolute Gasteiger partial charge is 0.294 e. The summed E-state index contributed by atoms with van der Waals surface area (Å²) in [4.78, 5) is 0. The van der Waals surface area contributed by atoms with Crippen molar-refractivity contribution in [3.63, 3.8) is 0 Å². The maximum atomic E-state index is 10.1. The van der Waals surface area contributed by atoms with Crippen LogP contribution in [0.3, 0.4) is 0 Å². The van der Waals surface area contributed by atoms with Crippen LogP contribution in [0.4, 0.5) is 0 Å². The normalized spacial score (nSPS) is 23.4. The Kier molecular flexibility index (Phi) is 0.717. The molecule has 5 heteroatoms. The zero-order valence-electron chi connectivity index (χ0n) is 3.27. The third kappa shape index (κ3) is 0.833. The molecule has 0 saturated carbocycles.